The molecule has 16 heavy (non-hydrogen) atoms. The van der Waals surface area contributed by atoms with Crippen molar-refractivity contribution in [3.63, 3.8) is 0 Å². The average Bonchev–Trinajstić information content (AvgIpc) is 2.26. The maximum absolute atomic E-state index is 5.78. The summed E-state index contributed by atoms with van der Waals surface area (Å²) in [5.74, 6) is 1.00. The van der Waals surface area contributed by atoms with Gasteiger partial charge in [0.1, 0.15) is 5.75 Å². The molecule has 1 rings (SSSR count). The van der Waals surface area contributed by atoms with Crippen LogP contribution in [0.1, 0.15) is 39.2 Å². The van der Waals surface area contributed by atoms with Crippen molar-refractivity contribution in [1.82, 2.24) is 0 Å². The molecular weight excluding hydrogens is 198 g/mol. The van der Waals surface area contributed by atoms with Crippen LogP contribution in [-0.2, 0) is 5.41 Å². The SMILES string of the molecule is CCCOc1ccccc1C(C)(C)CCN. The molecule has 0 amide bonds. The van der Waals surface area contributed by atoms with Crippen molar-refractivity contribution >= 4 is 0 Å². The van der Waals surface area contributed by atoms with Gasteiger partial charge < -0.3 is 10.5 Å². The Hall–Kier alpha value is -1.02. The Kier molecular flexibility index (Phi) is 4.81. The highest BCUT2D eigenvalue weighted by Crippen LogP contribution is 2.33. The van der Waals surface area contributed by atoms with E-state index in [1.807, 2.05) is 12.1 Å². The van der Waals surface area contributed by atoms with Crippen LogP contribution in [0.15, 0.2) is 24.3 Å². The molecule has 0 atom stereocenters. The van der Waals surface area contributed by atoms with E-state index >= 15 is 0 Å². The number of rotatable bonds is 6. The lowest BCUT2D eigenvalue weighted by Crippen LogP contribution is -2.22. The van der Waals surface area contributed by atoms with E-state index in [-0.39, 0.29) is 5.41 Å². The van der Waals surface area contributed by atoms with Crippen LogP contribution in [0.25, 0.3) is 0 Å². The summed E-state index contributed by atoms with van der Waals surface area (Å²) in [6.07, 6.45) is 2.01. The molecule has 0 heterocycles. The summed E-state index contributed by atoms with van der Waals surface area (Å²) in [6.45, 7) is 8.03. The number of benzene rings is 1. The van der Waals surface area contributed by atoms with Crippen LogP contribution >= 0.6 is 0 Å². The highest BCUT2D eigenvalue weighted by Gasteiger charge is 2.23. The molecule has 0 bridgehead atoms. The average molecular weight is 221 g/mol. The van der Waals surface area contributed by atoms with E-state index in [2.05, 4.69) is 32.9 Å². The lowest BCUT2D eigenvalue weighted by molar-refractivity contribution is 0.305. The summed E-state index contributed by atoms with van der Waals surface area (Å²) < 4.78 is 5.78. The van der Waals surface area contributed by atoms with Crippen LogP contribution < -0.4 is 10.5 Å². The van der Waals surface area contributed by atoms with Crippen molar-refractivity contribution in [2.75, 3.05) is 13.2 Å². The van der Waals surface area contributed by atoms with Crippen molar-refractivity contribution in [1.29, 1.82) is 0 Å². The normalized spacial score (nSPS) is 11.5. The fourth-order valence-corrected chi connectivity index (χ4v) is 1.86. The summed E-state index contributed by atoms with van der Waals surface area (Å²) in [5.41, 5.74) is 7.00. The lowest BCUT2D eigenvalue weighted by Gasteiger charge is -2.27. The van der Waals surface area contributed by atoms with Crippen LogP contribution in [0.3, 0.4) is 0 Å². The van der Waals surface area contributed by atoms with Gasteiger partial charge in [-0.1, -0.05) is 39.0 Å². The standard InChI is InChI=1S/C14H23NO/c1-4-11-16-13-8-6-5-7-12(13)14(2,3)9-10-15/h5-8H,4,9-11,15H2,1-3H3. The molecule has 0 spiro atoms. The van der Waals surface area contributed by atoms with Gasteiger partial charge in [0.15, 0.2) is 0 Å². The molecule has 0 aromatic heterocycles. The maximum atomic E-state index is 5.78. The van der Waals surface area contributed by atoms with Gasteiger partial charge in [0, 0.05) is 0 Å². The van der Waals surface area contributed by atoms with Crippen LogP contribution in [0.4, 0.5) is 0 Å². The Morgan fingerprint density at radius 2 is 1.94 bits per heavy atom. The third-order valence-corrected chi connectivity index (χ3v) is 2.85. The molecular formula is C14H23NO. The summed E-state index contributed by atoms with van der Waals surface area (Å²) in [5, 5.41) is 0. The molecule has 0 saturated carbocycles. The zero-order valence-corrected chi connectivity index (χ0v) is 10.6. The van der Waals surface area contributed by atoms with E-state index in [4.69, 9.17) is 10.5 Å². The van der Waals surface area contributed by atoms with Crippen LogP contribution in [0.2, 0.25) is 0 Å². The number of para-hydroxylation sites is 1. The minimum absolute atomic E-state index is 0.0824. The lowest BCUT2D eigenvalue weighted by atomic mass is 9.81. The minimum Gasteiger partial charge on any atom is -0.493 e. The summed E-state index contributed by atoms with van der Waals surface area (Å²) in [7, 11) is 0. The first kappa shape index (κ1) is 13.0. The van der Waals surface area contributed by atoms with Gasteiger partial charge in [-0.3, -0.25) is 0 Å². The summed E-state index contributed by atoms with van der Waals surface area (Å²) in [6, 6.07) is 8.27. The summed E-state index contributed by atoms with van der Waals surface area (Å²) in [4.78, 5) is 0. The molecule has 0 radical (unpaired) electrons. The monoisotopic (exact) mass is 221 g/mol. The molecule has 1 aromatic carbocycles. The first-order valence-electron chi connectivity index (χ1n) is 6.04. The smallest absolute Gasteiger partial charge is 0.123 e. The van der Waals surface area contributed by atoms with E-state index in [9.17, 15) is 0 Å². The van der Waals surface area contributed by atoms with Gasteiger partial charge in [0.05, 0.1) is 6.61 Å². The molecule has 2 nitrogen and oxygen atoms in total. The predicted molar refractivity (Wildman–Crippen MR) is 68.9 cm³/mol. The zero-order valence-electron chi connectivity index (χ0n) is 10.6. The van der Waals surface area contributed by atoms with Crippen molar-refractivity contribution in [2.24, 2.45) is 5.73 Å². The molecule has 0 aliphatic carbocycles. The predicted octanol–water partition coefficient (Wildman–Crippen LogP) is 3.10. The fourth-order valence-electron chi connectivity index (χ4n) is 1.86. The van der Waals surface area contributed by atoms with Gasteiger partial charge >= 0.3 is 0 Å². The molecule has 0 aliphatic heterocycles. The second-order valence-corrected chi connectivity index (χ2v) is 4.77. The molecule has 0 fully saturated rings. The molecule has 0 unspecified atom stereocenters. The van der Waals surface area contributed by atoms with Crippen molar-refractivity contribution in [3.05, 3.63) is 29.8 Å². The minimum atomic E-state index is 0.0824. The van der Waals surface area contributed by atoms with Crippen LogP contribution in [-0.4, -0.2) is 13.2 Å². The Labute approximate surface area is 98.8 Å². The number of nitrogens with two attached hydrogens (primary N) is 1. The molecule has 0 aliphatic rings. The van der Waals surface area contributed by atoms with Gasteiger partial charge in [-0.25, -0.2) is 0 Å². The van der Waals surface area contributed by atoms with E-state index < -0.39 is 0 Å². The van der Waals surface area contributed by atoms with Crippen LogP contribution in [0.5, 0.6) is 5.75 Å². The number of ether oxygens (including phenoxy) is 1. The Bertz CT molecular complexity index is 320. The van der Waals surface area contributed by atoms with E-state index in [0.717, 1.165) is 25.2 Å². The molecule has 90 valence electrons. The molecule has 2 heteroatoms. The van der Waals surface area contributed by atoms with Gasteiger partial charge in [-0.15, -0.1) is 0 Å². The third kappa shape index (κ3) is 3.24. The molecule has 2 N–H and O–H groups in total. The Balaban J connectivity index is 2.93. The number of hydrogen-bond donors (Lipinski definition) is 1. The topological polar surface area (TPSA) is 35.2 Å². The quantitative estimate of drug-likeness (QED) is 0.801. The van der Waals surface area contributed by atoms with Gasteiger partial charge in [-0.2, -0.15) is 0 Å². The second kappa shape index (κ2) is 5.90. The second-order valence-electron chi connectivity index (χ2n) is 4.77. The zero-order chi connectivity index (χ0) is 12.0. The Morgan fingerprint density at radius 3 is 2.56 bits per heavy atom. The highest BCUT2D eigenvalue weighted by molar-refractivity contribution is 5.38. The third-order valence-electron chi connectivity index (χ3n) is 2.85. The molecule has 1 aromatic rings. The fraction of sp³-hybridized carbons (Fsp3) is 0.571. The van der Waals surface area contributed by atoms with Crippen molar-refractivity contribution in [3.8, 4) is 5.75 Å². The first-order valence-corrected chi connectivity index (χ1v) is 6.04. The van der Waals surface area contributed by atoms with Gasteiger partial charge in [-0.05, 0) is 36.4 Å². The first-order chi connectivity index (χ1) is 7.61. The largest absolute Gasteiger partial charge is 0.493 e. The van der Waals surface area contributed by atoms with E-state index in [0.29, 0.717) is 6.54 Å². The van der Waals surface area contributed by atoms with E-state index in [1.165, 1.54) is 5.56 Å². The van der Waals surface area contributed by atoms with Crippen LogP contribution in [0, 0.1) is 0 Å². The molecule has 0 saturated heterocycles. The summed E-state index contributed by atoms with van der Waals surface area (Å²) >= 11 is 0. The van der Waals surface area contributed by atoms with Crippen molar-refractivity contribution in [2.45, 2.75) is 39.0 Å². The van der Waals surface area contributed by atoms with Crippen molar-refractivity contribution < 1.29 is 4.74 Å². The Morgan fingerprint density at radius 1 is 1.25 bits per heavy atom. The highest BCUT2D eigenvalue weighted by atomic mass is 16.5. The maximum Gasteiger partial charge on any atom is 0.123 e. The van der Waals surface area contributed by atoms with E-state index in [1.54, 1.807) is 0 Å². The number of hydrogen-bond acceptors (Lipinski definition) is 2. The van der Waals surface area contributed by atoms with Gasteiger partial charge in [0.25, 0.3) is 0 Å². The van der Waals surface area contributed by atoms with Gasteiger partial charge in [0.2, 0.25) is 0 Å².